The number of halogens is 1. The lowest BCUT2D eigenvalue weighted by Gasteiger charge is -2.41. The molecule has 0 bridgehead atoms. The number of esters is 1. The first-order valence-electron chi connectivity index (χ1n) is 14.1. The number of benzene rings is 1. The van der Waals surface area contributed by atoms with E-state index in [0.717, 1.165) is 24.8 Å². The van der Waals surface area contributed by atoms with Gasteiger partial charge in [0.1, 0.15) is 11.4 Å². The van der Waals surface area contributed by atoms with E-state index in [4.69, 9.17) is 14.2 Å². The normalized spacial score (nSPS) is 22.3. The van der Waals surface area contributed by atoms with Crippen LogP contribution in [0.15, 0.2) is 48.1 Å². The van der Waals surface area contributed by atoms with Gasteiger partial charge in [-0.1, -0.05) is 43.2 Å². The lowest BCUT2D eigenvalue weighted by molar-refractivity contribution is -0.0893. The number of nitrogens with one attached hydrogen (secondary N) is 1. The minimum Gasteiger partial charge on any atom is -0.492 e. The minimum atomic E-state index is -1.04. The van der Waals surface area contributed by atoms with Gasteiger partial charge in [0.25, 0.3) is 5.91 Å². The van der Waals surface area contributed by atoms with Crippen molar-refractivity contribution in [2.45, 2.75) is 49.8 Å². The van der Waals surface area contributed by atoms with Crippen molar-refractivity contribution in [2.75, 3.05) is 47.1 Å². The van der Waals surface area contributed by atoms with Crippen LogP contribution in [0.2, 0.25) is 0 Å². The smallest absolute Gasteiger partial charge is 0.351 e. The second-order valence-electron chi connectivity index (χ2n) is 10.6. The van der Waals surface area contributed by atoms with E-state index in [2.05, 4.69) is 10.3 Å². The van der Waals surface area contributed by atoms with E-state index in [-0.39, 0.29) is 37.0 Å². The summed E-state index contributed by atoms with van der Waals surface area (Å²) in [6.45, 7) is 2.39. The predicted octanol–water partition coefficient (Wildman–Crippen LogP) is 4.20. The number of ether oxygens (including phenoxy) is 3. The molecule has 42 heavy (non-hydrogen) atoms. The summed E-state index contributed by atoms with van der Waals surface area (Å²) < 4.78 is 18.2. The molecule has 0 unspecified atom stereocenters. The van der Waals surface area contributed by atoms with Crippen molar-refractivity contribution in [3.63, 3.8) is 0 Å². The highest BCUT2D eigenvalue weighted by molar-refractivity contribution is 7.12. The van der Waals surface area contributed by atoms with E-state index in [0.29, 0.717) is 61.1 Å². The molecule has 1 aromatic carbocycles. The van der Waals surface area contributed by atoms with Crippen LogP contribution in [0.3, 0.4) is 0 Å². The highest BCUT2D eigenvalue weighted by atomic mass is 35.5. The number of imidazole rings is 1. The third-order valence-corrected chi connectivity index (χ3v) is 8.93. The van der Waals surface area contributed by atoms with Crippen LogP contribution >= 0.6 is 23.7 Å². The van der Waals surface area contributed by atoms with Crippen molar-refractivity contribution < 1.29 is 28.9 Å². The van der Waals surface area contributed by atoms with Gasteiger partial charge in [0, 0.05) is 44.8 Å². The zero-order valence-corrected chi connectivity index (χ0v) is 25.6. The fraction of sp³-hybridized carbons (Fsp3) is 0.500. The number of methoxy groups -OCH3 is 2. The van der Waals surface area contributed by atoms with Gasteiger partial charge in [0.05, 0.1) is 38.4 Å². The second-order valence-corrected chi connectivity index (χ2v) is 11.5. The van der Waals surface area contributed by atoms with Crippen LogP contribution in [0.5, 0.6) is 5.75 Å². The Morgan fingerprint density at radius 2 is 2.00 bits per heavy atom. The van der Waals surface area contributed by atoms with Gasteiger partial charge >= 0.3 is 5.97 Å². The van der Waals surface area contributed by atoms with Crippen molar-refractivity contribution in [3.8, 4) is 17.0 Å². The Hall–Kier alpha value is -2.96. The molecule has 1 aliphatic heterocycles. The van der Waals surface area contributed by atoms with Gasteiger partial charge in [-0.2, -0.15) is 0 Å². The monoisotopic (exact) mass is 618 g/mol. The van der Waals surface area contributed by atoms with Crippen LogP contribution in [-0.4, -0.2) is 90.1 Å². The summed E-state index contributed by atoms with van der Waals surface area (Å²) in [6, 6.07) is 11.2. The number of aromatic nitrogens is 2. The third kappa shape index (κ3) is 6.65. The average Bonchev–Trinajstić information content (AvgIpc) is 3.65. The van der Waals surface area contributed by atoms with Gasteiger partial charge in [0.15, 0.2) is 10.6 Å². The molecule has 228 valence electrons. The molecule has 0 radical (unpaired) electrons. The third-order valence-electron chi connectivity index (χ3n) is 8.05. The van der Waals surface area contributed by atoms with E-state index < -0.39 is 11.6 Å². The molecular formula is C30H39ClN4O6S. The Morgan fingerprint density at radius 1 is 1.19 bits per heavy atom. The number of rotatable bonds is 10. The number of hydrogen-bond donors (Lipinski definition) is 2. The number of aliphatic hydroxyl groups is 1. The molecule has 1 saturated heterocycles. The lowest BCUT2D eigenvalue weighted by Crippen LogP contribution is -2.54. The maximum absolute atomic E-state index is 14.2. The van der Waals surface area contributed by atoms with Crippen molar-refractivity contribution in [2.24, 2.45) is 0 Å². The summed E-state index contributed by atoms with van der Waals surface area (Å²) in [7, 11) is 2.95. The molecule has 3 aromatic rings. The maximum Gasteiger partial charge on any atom is 0.351 e. The van der Waals surface area contributed by atoms with Gasteiger partial charge in [-0.3, -0.25) is 4.79 Å². The fourth-order valence-electron chi connectivity index (χ4n) is 6.04. The Bertz CT molecular complexity index is 1330. The molecule has 2 fully saturated rings. The molecule has 1 amide bonds. The summed E-state index contributed by atoms with van der Waals surface area (Å²) in [5, 5.41) is 16.8. The van der Waals surface area contributed by atoms with Gasteiger partial charge < -0.3 is 34.1 Å². The van der Waals surface area contributed by atoms with E-state index >= 15 is 0 Å². The fourth-order valence-corrected chi connectivity index (χ4v) is 6.79. The average molecular weight is 619 g/mol. The Balaban J connectivity index is 0.00000405. The number of nitrogens with zero attached hydrogens (tertiary/aromatic N) is 3. The first-order chi connectivity index (χ1) is 20.0. The molecule has 10 nitrogen and oxygen atoms in total. The second kappa shape index (κ2) is 14.5. The van der Waals surface area contributed by atoms with Crippen LogP contribution < -0.4 is 10.1 Å². The van der Waals surface area contributed by atoms with E-state index in [1.54, 1.807) is 24.9 Å². The zero-order valence-electron chi connectivity index (χ0n) is 24.0. The molecule has 12 heteroatoms. The highest BCUT2D eigenvalue weighted by Crippen LogP contribution is 2.41. The van der Waals surface area contributed by atoms with Gasteiger partial charge in [-0.15, -0.1) is 23.7 Å². The van der Waals surface area contributed by atoms with Crippen molar-refractivity contribution >= 4 is 35.6 Å². The van der Waals surface area contributed by atoms with Crippen LogP contribution in [0.4, 0.5) is 0 Å². The lowest BCUT2D eigenvalue weighted by atomic mass is 9.80. The molecular weight excluding hydrogens is 580 g/mol. The maximum atomic E-state index is 14.2. The Kier molecular flexibility index (Phi) is 11.0. The molecule has 3 heterocycles. The molecule has 3 atom stereocenters. The first-order valence-corrected chi connectivity index (χ1v) is 15.0. The zero-order chi connectivity index (χ0) is 28.8. The van der Waals surface area contributed by atoms with E-state index in [1.807, 2.05) is 39.8 Å². The van der Waals surface area contributed by atoms with Gasteiger partial charge in [-0.25, -0.2) is 9.78 Å². The SMILES string of the molecule is COC[C@]1(O)CCCC[C@H]1n1cnc(C(=O)N2CCNC[C@H]2CCOc2ccsc2C(=O)OC)c1-c1ccccc1.Cl. The summed E-state index contributed by atoms with van der Waals surface area (Å²) >= 11 is 1.27. The molecule has 5 rings (SSSR count). The predicted molar refractivity (Wildman–Crippen MR) is 163 cm³/mol. The van der Waals surface area contributed by atoms with Crippen molar-refractivity contribution in [3.05, 3.63) is 58.7 Å². The number of thiophene rings is 1. The molecule has 2 aliphatic rings. The number of hydrogen-bond acceptors (Lipinski definition) is 9. The molecule has 2 N–H and O–H groups in total. The summed E-state index contributed by atoms with van der Waals surface area (Å²) in [6.07, 6.45) is 5.59. The largest absolute Gasteiger partial charge is 0.492 e. The molecule has 1 aliphatic carbocycles. The highest BCUT2D eigenvalue weighted by Gasteiger charge is 2.42. The van der Waals surface area contributed by atoms with Crippen molar-refractivity contribution in [1.29, 1.82) is 0 Å². The summed E-state index contributed by atoms with van der Waals surface area (Å²) in [5.41, 5.74) is 0.921. The van der Waals surface area contributed by atoms with E-state index in [9.17, 15) is 14.7 Å². The molecule has 1 saturated carbocycles. The Labute approximate surface area is 256 Å². The Morgan fingerprint density at radius 3 is 2.76 bits per heavy atom. The number of piperazine rings is 1. The molecule has 2 aromatic heterocycles. The quantitative estimate of drug-likeness (QED) is 0.325. The standard InChI is InChI=1S/C30H38N4O6S.ClH/c1-38-19-30(37)13-7-6-10-24(30)34-20-32-25(26(34)21-8-4-3-5-9-21)28(35)33-15-14-31-18-22(33)11-16-40-23-12-17-41-27(23)29(36)39-2;/h3-5,8-9,12,17,20,22,24,31,37H,6-7,10-11,13-16,18-19H2,1-2H3;1H/t22-,24-,30-;/m1./s1. The minimum absolute atomic E-state index is 0. The number of carbonyl (C=O) groups is 2. The topological polar surface area (TPSA) is 115 Å². The van der Waals surface area contributed by atoms with Gasteiger partial charge in [-0.05, 0) is 24.3 Å². The van der Waals surface area contributed by atoms with Crippen LogP contribution in [0, 0.1) is 0 Å². The van der Waals surface area contributed by atoms with Crippen LogP contribution in [0.1, 0.15) is 58.3 Å². The van der Waals surface area contributed by atoms with Gasteiger partial charge in [0.2, 0.25) is 0 Å². The van der Waals surface area contributed by atoms with E-state index in [1.165, 1.54) is 18.4 Å². The molecule has 0 spiro atoms. The van der Waals surface area contributed by atoms with Crippen molar-refractivity contribution in [1.82, 2.24) is 19.8 Å². The first kappa shape index (κ1) is 32.0. The van der Waals surface area contributed by atoms with Crippen LogP contribution in [-0.2, 0) is 9.47 Å². The van der Waals surface area contributed by atoms with Crippen LogP contribution in [0.25, 0.3) is 11.3 Å². The summed E-state index contributed by atoms with van der Waals surface area (Å²) in [5.74, 6) is -0.0823. The summed E-state index contributed by atoms with van der Waals surface area (Å²) in [4.78, 5) is 33.2. The number of carbonyl (C=O) groups excluding carboxylic acids is 2. The number of amides is 1.